The van der Waals surface area contributed by atoms with Gasteiger partial charge < -0.3 is 4.42 Å². The Labute approximate surface area is 104 Å². The van der Waals surface area contributed by atoms with Crippen LogP contribution >= 0.6 is 0 Å². The van der Waals surface area contributed by atoms with Crippen molar-refractivity contribution < 1.29 is 9.21 Å². The zero-order valence-electron chi connectivity index (χ0n) is 10.3. The van der Waals surface area contributed by atoms with E-state index in [1.165, 1.54) is 0 Å². The van der Waals surface area contributed by atoms with E-state index in [0.29, 0.717) is 23.9 Å². The number of carbonyl (C=O) groups excluding carboxylic acids is 1. The Kier molecular flexibility index (Phi) is 3.47. The molecule has 0 saturated carbocycles. The third kappa shape index (κ3) is 2.98. The first-order valence-corrected chi connectivity index (χ1v) is 5.63. The molecule has 0 aliphatic heterocycles. The number of benzene rings is 1. The van der Waals surface area contributed by atoms with Crippen molar-refractivity contribution in [2.75, 3.05) is 14.1 Å². The summed E-state index contributed by atoms with van der Waals surface area (Å²) in [6, 6.07) is 5.42. The number of amides is 1. The minimum atomic E-state index is -0.465. The molecular weight excluding hydrogens is 234 g/mol. The highest BCUT2D eigenvalue weighted by Crippen LogP contribution is 2.13. The highest BCUT2D eigenvalue weighted by Gasteiger charge is 2.05. The van der Waals surface area contributed by atoms with Crippen molar-refractivity contribution in [3.8, 4) is 0 Å². The van der Waals surface area contributed by atoms with Crippen LogP contribution in [0, 0.1) is 0 Å². The summed E-state index contributed by atoms with van der Waals surface area (Å²) in [7, 11) is 3.52. The number of aryl methyl sites for hydroxylation is 1. The molecule has 18 heavy (non-hydrogen) atoms. The molecule has 1 aromatic heterocycles. The SMILES string of the molecule is CN(C)NC(=O)CCc1ccc2[nH]c(=O)oc2c1. The molecule has 0 atom stereocenters. The predicted molar refractivity (Wildman–Crippen MR) is 67.0 cm³/mol. The van der Waals surface area contributed by atoms with Gasteiger partial charge in [-0.05, 0) is 24.1 Å². The van der Waals surface area contributed by atoms with E-state index in [4.69, 9.17) is 4.42 Å². The second-order valence-electron chi connectivity index (χ2n) is 4.27. The van der Waals surface area contributed by atoms with Crippen molar-refractivity contribution >= 4 is 17.0 Å². The van der Waals surface area contributed by atoms with Crippen LogP contribution in [0.2, 0.25) is 0 Å². The molecule has 0 spiro atoms. The van der Waals surface area contributed by atoms with Crippen molar-refractivity contribution in [1.82, 2.24) is 15.4 Å². The van der Waals surface area contributed by atoms with Gasteiger partial charge in [-0.1, -0.05) is 6.07 Å². The Morgan fingerprint density at radius 1 is 1.44 bits per heavy atom. The molecule has 96 valence electrons. The molecule has 0 unspecified atom stereocenters. The van der Waals surface area contributed by atoms with E-state index in [2.05, 4.69) is 10.4 Å². The van der Waals surface area contributed by atoms with Crippen LogP contribution in [0.15, 0.2) is 27.4 Å². The summed E-state index contributed by atoms with van der Waals surface area (Å²) in [5, 5.41) is 1.61. The number of carbonyl (C=O) groups is 1. The zero-order chi connectivity index (χ0) is 13.1. The zero-order valence-corrected chi connectivity index (χ0v) is 10.3. The number of hydrazine groups is 1. The van der Waals surface area contributed by atoms with Gasteiger partial charge in [0.1, 0.15) is 0 Å². The largest absolute Gasteiger partial charge is 0.417 e. The van der Waals surface area contributed by atoms with Crippen LogP contribution < -0.4 is 11.2 Å². The molecule has 1 aromatic carbocycles. The molecule has 0 aliphatic carbocycles. The van der Waals surface area contributed by atoms with Crippen LogP contribution in [-0.4, -0.2) is 30.0 Å². The minimum Gasteiger partial charge on any atom is -0.408 e. The van der Waals surface area contributed by atoms with Gasteiger partial charge in [0.15, 0.2) is 5.58 Å². The monoisotopic (exact) mass is 249 g/mol. The molecule has 0 fully saturated rings. The van der Waals surface area contributed by atoms with Crippen LogP contribution in [0.3, 0.4) is 0 Å². The Hall–Kier alpha value is -2.08. The average Bonchev–Trinajstić information content (AvgIpc) is 2.64. The predicted octanol–water partition coefficient (Wildman–Crippen LogP) is 0.646. The summed E-state index contributed by atoms with van der Waals surface area (Å²) >= 11 is 0. The fourth-order valence-electron chi connectivity index (χ4n) is 1.71. The van der Waals surface area contributed by atoms with Gasteiger partial charge in [-0.25, -0.2) is 9.80 Å². The summed E-state index contributed by atoms with van der Waals surface area (Å²) in [6.07, 6.45) is 0.989. The Balaban J connectivity index is 2.03. The highest BCUT2D eigenvalue weighted by atomic mass is 16.4. The van der Waals surface area contributed by atoms with Crippen molar-refractivity contribution in [1.29, 1.82) is 0 Å². The molecular formula is C12H15N3O3. The van der Waals surface area contributed by atoms with E-state index in [1.807, 2.05) is 6.07 Å². The van der Waals surface area contributed by atoms with E-state index < -0.39 is 5.76 Å². The molecule has 2 N–H and O–H groups in total. The van der Waals surface area contributed by atoms with E-state index in [-0.39, 0.29) is 5.91 Å². The fourth-order valence-corrected chi connectivity index (χ4v) is 1.71. The molecule has 0 aliphatic rings. The number of fused-ring (bicyclic) bond motifs is 1. The second-order valence-corrected chi connectivity index (χ2v) is 4.27. The maximum Gasteiger partial charge on any atom is 0.417 e. The third-order valence-electron chi connectivity index (χ3n) is 2.47. The van der Waals surface area contributed by atoms with Crippen molar-refractivity contribution in [2.45, 2.75) is 12.8 Å². The lowest BCUT2D eigenvalue weighted by Crippen LogP contribution is -2.36. The van der Waals surface area contributed by atoms with Gasteiger partial charge in [-0.3, -0.25) is 15.2 Å². The highest BCUT2D eigenvalue weighted by molar-refractivity contribution is 5.76. The van der Waals surface area contributed by atoms with Crippen LogP contribution in [-0.2, 0) is 11.2 Å². The van der Waals surface area contributed by atoms with Crippen molar-refractivity contribution in [2.24, 2.45) is 0 Å². The van der Waals surface area contributed by atoms with Gasteiger partial charge in [0.2, 0.25) is 5.91 Å². The molecule has 1 heterocycles. The molecule has 0 saturated heterocycles. The molecule has 6 nitrogen and oxygen atoms in total. The number of aromatic nitrogens is 1. The molecule has 0 radical (unpaired) electrons. The van der Waals surface area contributed by atoms with Crippen LogP contribution in [0.5, 0.6) is 0 Å². The second kappa shape index (κ2) is 5.05. The number of H-pyrrole nitrogens is 1. The summed E-state index contributed by atoms with van der Waals surface area (Å²) in [5.74, 6) is -0.511. The number of oxazole rings is 1. The lowest BCUT2D eigenvalue weighted by atomic mass is 10.1. The maximum absolute atomic E-state index is 11.5. The minimum absolute atomic E-state index is 0.0457. The van der Waals surface area contributed by atoms with Gasteiger partial charge in [0, 0.05) is 20.5 Å². The number of nitrogens with zero attached hydrogens (tertiary/aromatic N) is 1. The summed E-state index contributed by atoms with van der Waals surface area (Å²) in [5.41, 5.74) is 4.81. The van der Waals surface area contributed by atoms with Crippen LogP contribution in [0.1, 0.15) is 12.0 Å². The normalized spacial score (nSPS) is 11.1. The molecule has 6 heteroatoms. The van der Waals surface area contributed by atoms with Crippen LogP contribution in [0.4, 0.5) is 0 Å². The summed E-state index contributed by atoms with van der Waals surface area (Å²) in [4.78, 5) is 25.0. The van der Waals surface area contributed by atoms with E-state index in [1.54, 1.807) is 31.2 Å². The van der Waals surface area contributed by atoms with Gasteiger partial charge in [0.25, 0.3) is 0 Å². The molecule has 0 bridgehead atoms. The van der Waals surface area contributed by atoms with Gasteiger partial charge >= 0.3 is 5.76 Å². The standard InChI is InChI=1S/C12H15N3O3/c1-15(2)14-11(16)6-4-8-3-5-9-10(7-8)18-12(17)13-9/h3,5,7H,4,6H2,1-2H3,(H,13,17)(H,14,16). The first kappa shape index (κ1) is 12.4. The molecule has 2 aromatic rings. The van der Waals surface area contributed by atoms with E-state index in [9.17, 15) is 9.59 Å². The fraction of sp³-hybridized carbons (Fsp3) is 0.333. The first-order valence-electron chi connectivity index (χ1n) is 5.63. The van der Waals surface area contributed by atoms with E-state index >= 15 is 0 Å². The van der Waals surface area contributed by atoms with Gasteiger partial charge in [0.05, 0.1) is 5.52 Å². The smallest absolute Gasteiger partial charge is 0.408 e. The van der Waals surface area contributed by atoms with Crippen LogP contribution in [0.25, 0.3) is 11.1 Å². The van der Waals surface area contributed by atoms with Crippen molar-refractivity contribution in [3.63, 3.8) is 0 Å². The molecule has 2 rings (SSSR count). The Morgan fingerprint density at radius 3 is 2.94 bits per heavy atom. The third-order valence-corrected chi connectivity index (χ3v) is 2.47. The molecule has 1 amide bonds. The first-order chi connectivity index (χ1) is 8.54. The summed E-state index contributed by atoms with van der Waals surface area (Å²) < 4.78 is 4.96. The summed E-state index contributed by atoms with van der Waals surface area (Å²) in [6.45, 7) is 0. The van der Waals surface area contributed by atoms with E-state index in [0.717, 1.165) is 5.56 Å². The maximum atomic E-state index is 11.5. The average molecular weight is 249 g/mol. The quantitative estimate of drug-likeness (QED) is 0.780. The Morgan fingerprint density at radius 2 is 2.22 bits per heavy atom. The number of hydrogen-bond acceptors (Lipinski definition) is 4. The number of hydrogen-bond donors (Lipinski definition) is 2. The lowest BCUT2D eigenvalue weighted by Gasteiger charge is -2.11. The Bertz CT molecular complexity index is 612. The van der Waals surface area contributed by atoms with Gasteiger partial charge in [-0.2, -0.15) is 0 Å². The van der Waals surface area contributed by atoms with Gasteiger partial charge in [-0.15, -0.1) is 0 Å². The topological polar surface area (TPSA) is 78.3 Å². The number of aromatic amines is 1. The number of nitrogens with one attached hydrogen (secondary N) is 2. The lowest BCUT2D eigenvalue weighted by molar-refractivity contribution is -0.124. The van der Waals surface area contributed by atoms with Crippen molar-refractivity contribution in [3.05, 3.63) is 34.3 Å². The number of rotatable bonds is 4.